The van der Waals surface area contributed by atoms with Gasteiger partial charge in [0.2, 0.25) is 0 Å². The van der Waals surface area contributed by atoms with Crippen molar-refractivity contribution >= 4 is 39.2 Å². The standard InChI is InChI=1S/C23H25N3O3S2/c1-3-26(4-2)23(27)24-18-14-16-20(17-15-18)31(28,29)25-21-12-8-9-13-22(21)30-19-10-6-5-7-11-19/h5-17,25H,3-4H2,1-2H3,(H,24,27). The molecule has 162 valence electrons. The molecule has 2 amide bonds. The first-order valence-corrected chi connectivity index (χ1v) is 12.2. The normalized spacial score (nSPS) is 11.0. The van der Waals surface area contributed by atoms with Gasteiger partial charge in [0.05, 0.1) is 10.6 Å². The molecule has 6 nitrogen and oxygen atoms in total. The van der Waals surface area contributed by atoms with E-state index in [1.807, 2.05) is 56.3 Å². The van der Waals surface area contributed by atoms with Crippen LogP contribution in [0.3, 0.4) is 0 Å². The lowest BCUT2D eigenvalue weighted by atomic mass is 10.3. The molecule has 0 atom stereocenters. The second kappa shape index (κ2) is 10.4. The van der Waals surface area contributed by atoms with Crippen LogP contribution in [0.25, 0.3) is 0 Å². The number of para-hydroxylation sites is 1. The second-order valence-electron chi connectivity index (χ2n) is 6.64. The summed E-state index contributed by atoms with van der Waals surface area (Å²) in [5, 5.41) is 2.78. The van der Waals surface area contributed by atoms with E-state index in [-0.39, 0.29) is 10.9 Å². The Labute approximate surface area is 187 Å². The number of hydrogen-bond acceptors (Lipinski definition) is 4. The number of benzene rings is 3. The van der Waals surface area contributed by atoms with Crippen LogP contribution in [0.15, 0.2) is 93.5 Å². The highest BCUT2D eigenvalue weighted by Crippen LogP contribution is 2.34. The Morgan fingerprint density at radius 1 is 0.871 bits per heavy atom. The quantitative estimate of drug-likeness (QED) is 0.469. The molecule has 0 unspecified atom stereocenters. The SMILES string of the molecule is CCN(CC)C(=O)Nc1ccc(S(=O)(=O)Nc2ccccc2Sc2ccccc2)cc1. The molecule has 31 heavy (non-hydrogen) atoms. The molecule has 3 aromatic rings. The summed E-state index contributed by atoms with van der Waals surface area (Å²) >= 11 is 1.49. The Morgan fingerprint density at radius 3 is 2.13 bits per heavy atom. The van der Waals surface area contributed by atoms with Gasteiger partial charge in [-0.3, -0.25) is 4.72 Å². The summed E-state index contributed by atoms with van der Waals surface area (Å²) < 4.78 is 28.5. The number of nitrogens with zero attached hydrogens (tertiary/aromatic N) is 1. The van der Waals surface area contributed by atoms with Gasteiger partial charge < -0.3 is 10.2 Å². The fraction of sp³-hybridized carbons (Fsp3) is 0.174. The summed E-state index contributed by atoms with van der Waals surface area (Å²) in [7, 11) is -3.79. The molecular weight excluding hydrogens is 430 g/mol. The molecule has 2 N–H and O–H groups in total. The lowest BCUT2D eigenvalue weighted by molar-refractivity contribution is 0.217. The zero-order valence-electron chi connectivity index (χ0n) is 17.4. The van der Waals surface area contributed by atoms with Crippen molar-refractivity contribution in [3.63, 3.8) is 0 Å². The Hall–Kier alpha value is -2.97. The smallest absolute Gasteiger partial charge is 0.321 e. The number of nitrogens with one attached hydrogen (secondary N) is 2. The third-order valence-corrected chi connectivity index (χ3v) is 7.03. The van der Waals surface area contributed by atoms with Crippen LogP contribution >= 0.6 is 11.8 Å². The summed E-state index contributed by atoms with van der Waals surface area (Å²) in [4.78, 5) is 15.8. The lowest BCUT2D eigenvalue weighted by Gasteiger charge is -2.19. The Morgan fingerprint density at radius 2 is 1.48 bits per heavy atom. The van der Waals surface area contributed by atoms with Gasteiger partial charge in [-0.2, -0.15) is 0 Å². The first-order chi connectivity index (χ1) is 14.9. The van der Waals surface area contributed by atoms with Crippen molar-refractivity contribution in [1.82, 2.24) is 4.90 Å². The number of rotatable bonds is 8. The highest BCUT2D eigenvalue weighted by atomic mass is 32.2. The van der Waals surface area contributed by atoms with E-state index in [1.165, 1.54) is 23.9 Å². The molecule has 0 aliphatic heterocycles. The average Bonchev–Trinajstić information content (AvgIpc) is 2.77. The van der Waals surface area contributed by atoms with Gasteiger partial charge in [-0.15, -0.1) is 0 Å². The van der Waals surface area contributed by atoms with E-state index in [1.54, 1.807) is 29.2 Å². The molecule has 0 radical (unpaired) electrons. The average molecular weight is 456 g/mol. The first-order valence-electron chi connectivity index (χ1n) is 9.93. The van der Waals surface area contributed by atoms with E-state index in [0.717, 1.165) is 9.79 Å². The van der Waals surface area contributed by atoms with Gasteiger partial charge in [-0.1, -0.05) is 42.1 Å². The van der Waals surface area contributed by atoms with Gasteiger partial charge in [-0.25, -0.2) is 13.2 Å². The van der Waals surface area contributed by atoms with Crippen LogP contribution in [0, 0.1) is 0 Å². The third-order valence-electron chi connectivity index (χ3n) is 4.57. The van der Waals surface area contributed by atoms with Crippen LogP contribution in [0.2, 0.25) is 0 Å². The van der Waals surface area contributed by atoms with E-state index in [4.69, 9.17) is 0 Å². The van der Waals surface area contributed by atoms with Gasteiger partial charge in [0.1, 0.15) is 0 Å². The van der Waals surface area contributed by atoms with Crippen LogP contribution in [0.5, 0.6) is 0 Å². The molecule has 0 bridgehead atoms. The molecule has 0 saturated carbocycles. The van der Waals surface area contributed by atoms with Gasteiger partial charge in [-0.05, 0) is 62.4 Å². The van der Waals surface area contributed by atoms with E-state index >= 15 is 0 Å². The Balaban J connectivity index is 1.75. The van der Waals surface area contributed by atoms with Crippen molar-refractivity contribution in [2.24, 2.45) is 0 Å². The molecule has 3 aromatic carbocycles. The summed E-state index contributed by atoms with van der Waals surface area (Å²) in [5.74, 6) is 0. The zero-order valence-corrected chi connectivity index (χ0v) is 19.0. The van der Waals surface area contributed by atoms with Crippen LogP contribution in [-0.4, -0.2) is 32.4 Å². The van der Waals surface area contributed by atoms with Crippen LogP contribution in [-0.2, 0) is 10.0 Å². The number of sulfonamides is 1. The Kier molecular flexibility index (Phi) is 7.59. The first kappa shape index (κ1) is 22.7. The summed E-state index contributed by atoms with van der Waals surface area (Å²) in [6.07, 6.45) is 0. The summed E-state index contributed by atoms with van der Waals surface area (Å²) in [6, 6.07) is 22.9. The van der Waals surface area contributed by atoms with Crippen molar-refractivity contribution in [3.8, 4) is 0 Å². The van der Waals surface area contributed by atoms with Crippen molar-refractivity contribution in [1.29, 1.82) is 0 Å². The van der Waals surface area contributed by atoms with Crippen molar-refractivity contribution in [3.05, 3.63) is 78.9 Å². The maximum absolute atomic E-state index is 12.9. The fourth-order valence-corrected chi connectivity index (χ4v) is 4.96. The number of carbonyl (C=O) groups excluding carboxylic acids is 1. The molecule has 0 aliphatic rings. The minimum absolute atomic E-state index is 0.118. The molecule has 0 heterocycles. The van der Waals surface area contributed by atoms with E-state index < -0.39 is 10.0 Å². The number of urea groups is 1. The lowest BCUT2D eigenvalue weighted by Crippen LogP contribution is -2.34. The van der Waals surface area contributed by atoms with Crippen molar-refractivity contribution in [2.75, 3.05) is 23.1 Å². The minimum Gasteiger partial charge on any atom is -0.325 e. The number of hydrogen-bond donors (Lipinski definition) is 2. The largest absolute Gasteiger partial charge is 0.325 e. The molecule has 0 saturated heterocycles. The van der Waals surface area contributed by atoms with Crippen LogP contribution in [0.4, 0.5) is 16.2 Å². The van der Waals surface area contributed by atoms with Crippen molar-refractivity contribution < 1.29 is 13.2 Å². The molecule has 0 fully saturated rings. The molecule has 8 heteroatoms. The molecular formula is C23H25N3O3S2. The van der Waals surface area contributed by atoms with Gasteiger partial charge in [0.15, 0.2) is 0 Å². The van der Waals surface area contributed by atoms with Gasteiger partial charge in [0.25, 0.3) is 10.0 Å². The summed E-state index contributed by atoms with van der Waals surface area (Å²) in [5.41, 5.74) is 1.05. The molecule has 0 spiro atoms. The zero-order chi connectivity index (χ0) is 22.3. The number of amides is 2. The van der Waals surface area contributed by atoms with E-state index in [0.29, 0.717) is 24.5 Å². The predicted octanol–water partition coefficient (Wildman–Crippen LogP) is 5.51. The highest BCUT2D eigenvalue weighted by molar-refractivity contribution is 7.99. The highest BCUT2D eigenvalue weighted by Gasteiger charge is 2.17. The van der Waals surface area contributed by atoms with E-state index in [2.05, 4.69) is 10.0 Å². The topological polar surface area (TPSA) is 78.5 Å². The number of carbonyl (C=O) groups is 1. The maximum atomic E-state index is 12.9. The van der Waals surface area contributed by atoms with E-state index in [9.17, 15) is 13.2 Å². The van der Waals surface area contributed by atoms with Gasteiger partial charge >= 0.3 is 6.03 Å². The Bertz CT molecular complexity index is 1110. The van der Waals surface area contributed by atoms with Crippen LogP contribution < -0.4 is 10.0 Å². The minimum atomic E-state index is -3.79. The maximum Gasteiger partial charge on any atom is 0.321 e. The van der Waals surface area contributed by atoms with Gasteiger partial charge in [0, 0.05) is 28.6 Å². The van der Waals surface area contributed by atoms with Crippen LogP contribution in [0.1, 0.15) is 13.8 Å². The fourth-order valence-electron chi connectivity index (χ4n) is 2.89. The third kappa shape index (κ3) is 6.02. The number of anilines is 2. The summed E-state index contributed by atoms with van der Waals surface area (Å²) in [6.45, 7) is 4.99. The molecule has 0 aliphatic carbocycles. The predicted molar refractivity (Wildman–Crippen MR) is 126 cm³/mol. The molecule has 0 aromatic heterocycles. The molecule has 3 rings (SSSR count). The van der Waals surface area contributed by atoms with Crippen molar-refractivity contribution in [2.45, 2.75) is 28.5 Å². The monoisotopic (exact) mass is 455 g/mol. The second-order valence-corrected chi connectivity index (χ2v) is 9.44.